The van der Waals surface area contributed by atoms with Crippen molar-refractivity contribution in [3.8, 4) is 5.75 Å². The number of para-hydroxylation sites is 1. The Morgan fingerprint density at radius 3 is 2.78 bits per heavy atom. The maximum absolute atomic E-state index is 11.6. The highest BCUT2D eigenvalue weighted by molar-refractivity contribution is 5.85. The third-order valence-electron chi connectivity index (χ3n) is 3.61. The molecule has 1 atom stereocenters. The quantitative estimate of drug-likeness (QED) is 0.765. The lowest BCUT2D eigenvalue weighted by atomic mass is 10.2. The highest BCUT2D eigenvalue weighted by Crippen LogP contribution is 2.17. The van der Waals surface area contributed by atoms with Crippen LogP contribution in [0.3, 0.4) is 0 Å². The van der Waals surface area contributed by atoms with Crippen LogP contribution in [0.4, 0.5) is 0 Å². The molecule has 0 spiro atoms. The number of nitrogens with one attached hydrogen (secondary N) is 1. The zero-order valence-corrected chi connectivity index (χ0v) is 14.3. The van der Waals surface area contributed by atoms with Crippen LogP contribution in [0, 0.1) is 0 Å². The molecular weight excluding hydrogens is 318 g/mol. The Hall–Kier alpha value is -1.34. The predicted octanol–water partition coefficient (Wildman–Crippen LogP) is 0.783. The summed E-state index contributed by atoms with van der Waals surface area (Å²) in [5, 5.41) is 2.81. The molecule has 1 heterocycles. The first-order valence-corrected chi connectivity index (χ1v) is 7.71. The van der Waals surface area contributed by atoms with Gasteiger partial charge in [0.2, 0.25) is 5.91 Å². The second kappa shape index (κ2) is 10.4. The molecule has 1 saturated heterocycles. The van der Waals surface area contributed by atoms with E-state index in [0.29, 0.717) is 13.2 Å². The smallest absolute Gasteiger partial charge is 0.236 e. The van der Waals surface area contributed by atoms with Crippen LogP contribution in [-0.4, -0.2) is 56.3 Å². The first-order chi connectivity index (χ1) is 10.7. The predicted molar refractivity (Wildman–Crippen MR) is 91.9 cm³/mol. The lowest BCUT2D eigenvalue weighted by molar-refractivity contribution is -0.122. The van der Waals surface area contributed by atoms with Crippen molar-refractivity contribution in [1.29, 1.82) is 0 Å². The van der Waals surface area contributed by atoms with Crippen LogP contribution in [0.15, 0.2) is 24.3 Å². The minimum absolute atomic E-state index is 0. The van der Waals surface area contributed by atoms with E-state index in [1.165, 1.54) is 0 Å². The van der Waals surface area contributed by atoms with Gasteiger partial charge in [-0.15, -0.1) is 12.4 Å². The number of hydrogen-bond donors (Lipinski definition) is 2. The molecule has 1 unspecified atom stereocenters. The van der Waals surface area contributed by atoms with E-state index in [2.05, 4.69) is 10.2 Å². The van der Waals surface area contributed by atoms with Gasteiger partial charge in [-0.2, -0.15) is 0 Å². The Morgan fingerprint density at radius 1 is 1.39 bits per heavy atom. The van der Waals surface area contributed by atoms with Crippen molar-refractivity contribution in [2.45, 2.75) is 19.5 Å². The van der Waals surface area contributed by atoms with Gasteiger partial charge >= 0.3 is 0 Å². The molecule has 1 amide bonds. The third kappa shape index (κ3) is 6.74. The summed E-state index contributed by atoms with van der Waals surface area (Å²) in [6.45, 7) is 7.08. The Morgan fingerprint density at radius 2 is 2.09 bits per heavy atom. The van der Waals surface area contributed by atoms with Gasteiger partial charge in [0, 0.05) is 31.7 Å². The summed E-state index contributed by atoms with van der Waals surface area (Å²) in [6.07, 6.45) is 0. The van der Waals surface area contributed by atoms with Gasteiger partial charge in [-0.1, -0.05) is 18.2 Å². The molecule has 3 N–H and O–H groups in total. The number of rotatable bonds is 7. The van der Waals surface area contributed by atoms with Crippen LogP contribution in [0.2, 0.25) is 0 Å². The molecule has 0 aromatic heterocycles. The molecule has 0 aliphatic carbocycles. The van der Waals surface area contributed by atoms with Crippen molar-refractivity contribution in [2.24, 2.45) is 5.73 Å². The number of nitrogens with zero attached hydrogens (tertiary/aromatic N) is 1. The Kier molecular flexibility index (Phi) is 8.94. The number of amides is 1. The number of morpholine rings is 1. The van der Waals surface area contributed by atoms with Crippen molar-refractivity contribution in [3.63, 3.8) is 0 Å². The van der Waals surface area contributed by atoms with Crippen molar-refractivity contribution >= 4 is 18.3 Å². The summed E-state index contributed by atoms with van der Waals surface area (Å²) >= 11 is 0. The van der Waals surface area contributed by atoms with Crippen LogP contribution >= 0.6 is 12.4 Å². The van der Waals surface area contributed by atoms with Crippen LogP contribution in [0.25, 0.3) is 0 Å². The van der Waals surface area contributed by atoms with Crippen LogP contribution in [-0.2, 0) is 16.1 Å². The summed E-state index contributed by atoms with van der Waals surface area (Å²) in [6, 6.07) is 7.23. The molecule has 2 rings (SSSR count). The molecule has 130 valence electrons. The molecule has 1 fully saturated rings. The topological polar surface area (TPSA) is 76.8 Å². The maximum atomic E-state index is 11.6. The zero-order chi connectivity index (χ0) is 15.8. The summed E-state index contributed by atoms with van der Waals surface area (Å²) in [7, 11) is 0. The summed E-state index contributed by atoms with van der Waals surface area (Å²) < 4.78 is 11.2. The van der Waals surface area contributed by atoms with E-state index in [4.69, 9.17) is 15.2 Å². The molecular formula is C16H26ClN3O3. The highest BCUT2D eigenvalue weighted by atomic mass is 35.5. The number of nitrogens with two attached hydrogens (primary N) is 1. The molecule has 6 nitrogen and oxygen atoms in total. The fourth-order valence-electron chi connectivity index (χ4n) is 2.24. The SMILES string of the molecule is CC(N)C(=O)NCc1ccccc1OCCN1CCOCC1.Cl. The summed E-state index contributed by atoms with van der Waals surface area (Å²) in [5.41, 5.74) is 6.50. The van der Waals surface area contributed by atoms with Gasteiger partial charge < -0.3 is 20.5 Å². The van der Waals surface area contributed by atoms with Crippen LogP contribution in [0.1, 0.15) is 12.5 Å². The largest absolute Gasteiger partial charge is 0.492 e. The van der Waals surface area contributed by atoms with Gasteiger partial charge in [0.1, 0.15) is 12.4 Å². The lowest BCUT2D eigenvalue weighted by Gasteiger charge is -2.26. The summed E-state index contributed by atoms with van der Waals surface area (Å²) in [4.78, 5) is 13.9. The molecule has 0 radical (unpaired) electrons. The van der Waals surface area contributed by atoms with Gasteiger partial charge in [-0.05, 0) is 13.0 Å². The molecule has 0 saturated carbocycles. The van der Waals surface area contributed by atoms with Gasteiger partial charge in [-0.25, -0.2) is 0 Å². The highest BCUT2D eigenvalue weighted by Gasteiger charge is 2.11. The second-order valence-corrected chi connectivity index (χ2v) is 5.42. The first kappa shape index (κ1) is 19.7. The van der Waals surface area contributed by atoms with Crippen molar-refractivity contribution in [3.05, 3.63) is 29.8 Å². The van der Waals surface area contributed by atoms with Crippen molar-refractivity contribution < 1.29 is 14.3 Å². The van der Waals surface area contributed by atoms with Gasteiger partial charge in [-0.3, -0.25) is 9.69 Å². The number of carbonyl (C=O) groups is 1. The van der Waals surface area contributed by atoms with Crippen molar-refractivity contribution in [2.75, 3.05) is 39.5 Å². The van der Waals surface area contributed by atoms with Crippen LogP contribution in [0.5, 0.6) is 5.75 Å². The number of halogens is 1. The average Bonchev–Trinajstić information content (AvgIpc) is 2.54. The molecule has 7 heteroatoms. The minimum Gasteiger partial charge on any atom is -0.492 e. The van der Waals surface area contributed by atoms with E-state index < -0.39 is 6.04 Å². The normalized spacial score (nSPS) is 16.3. The van der Waals surface area contributed by atoms with E-state index in [1.807, 2.05) is 24.3 Å². The fourth-order valence-corrected chi connectivity index (χ4v) is 2.24. The number of benzene rings is 1. The van der Waals surface area contributed by atoms with E-state index in [9.17, 15) is 4.79 Å². The standard InChI is InChI=1S/C16H25N3O3.ClH/c1-13(17)16(20)18-12-14-4-2-3-5-15(14)22-11-8-19-6-9-21-10-7-19;/h2-5,13H,6-12,17H2,1H3,(H,18,20);1H. The van der Waals surface area contributed by atoms with Gasteiger partial charge in [0.15, 0.2) is 0 Å². The average molecular weight is 344 g/mol. The first-order valence-electron chi connectivity index (χ1n) is 7.71. The Balaban J connectivity index is 0.00000264. The van der Waals surface area contributed by atoms with Crippen molar-refractivity contribution in [1.82, 2.24) is 10.2 Å². The molecule has 0 bridgehead atoms. The Bertz CT molecular complexity index is 479. The fraction of sp³-hybridized carbons (Fsp3) is 0.562. The zero-order valence-electron chi connectivity index (χ0n) is 13.5. The van der Waals surface area contributed by atoms with Crippen LogP contribution < -0.4 is 15.8 Å². The third-order valence-corrected chi connectivity index (χ3v) is 3.61. The number of carbonyl (C=O) groups excluding carboxylic acids is 1. The Labute approximate surface area is 143 Å². The van der Waals surface area contributed by atoms with E-state index >= 15 is 0 Å². The molecule has 23 heavy (non-hydrogen) atoms. The molecule has 1 aromatic rings. The van der Waals surface area contributed by atoms with Gasteiger partial charge in [0.25, 0.3) is 0 Å². The molecule has 1 aliphatic heterocycles. The maximum Gasteiger partial charge on any atom is 0.236 e. The summed E-state index contributed by atoms with van der Waals surface area (Å²) in [5.74, 6) is 0.642. The molecule has 1 aliphatic rings. The molecule has 1 aromatic carbocycles. The lowest BCUT2D eigenvalue weighted by Crippen LogP contribution is -2.39. The van der Waals surface area contributed by atoms with E-state index in [0.717, 1.165) is 44.2 Å². The second-order valence-electron chi connectivity index (χ2n) is 5.42. The number of ether oxygens (including phenoxy) is 2. The van der Waals surface area contributed by atoms with Gasteiger partial charge in [0.05, 0.1) is 19.3 Å². The number of hydrogen-bond acceptors (Lipinski definition) is 5. The minimum atomic E-state index is -0.505. The van der Waals surface area contributed by atoms with E-state index in [-0.39, 0.29) is 18.3 Å². The monoisotopic (exact) mass is 343 g/mol. The van der Waals surface area contributed by atoms with E-state index in [1.54, 1.807) is 6.92 Å².